The first-order valence-electron chi connectivity index (χ1n) is 9.54. The third-order valence-corrected chi connectivity index (χ3v) is 4.98. The predicted octanol–water partition coefficient (Wildman–Crippen LogP) is 4.42. The minimum absolute atomic E-state index is 0.153. The molecule has 0 bridgehead atoms. The van der Waals surface area contributed by atoms with Gasteiger partial charge in [-0.15, -0.1) is 0 Å². The van der Waals surface area contributed by atoms with Crippen LogP contribution in [0.15, 0.2) is 84.1 Å². The number of hydrogen-bond acceptors (Lipinski definition) is 3. The summed E-state index contributed by atoms with van der Waals surface area (Å²) in [7, 11) is 0. The Kier molecular flexibility index (Phi) is 5.20. The molecule has 0 spiro atoms. The van der Waals surface area contributed by atoms with Crippen LogP contribution in [0.3, 0.4) is 0 Å². The van der Waals surface area contributed by atoms with Crippen molar-refractivity contribution < 1.29 is 4.79 Å². The minimum Gasteiger partial charge on any atom is -0.314 e. The largest absolute Gasteiger partial charge is 0.314 e. The SMILES string of the molecule is C/C(=N\NC(=O)Cc1c(C)n(-c2ccccc2)c2ccccc12)c1ccccn1. The number of fused-ring (bicyclic) bond motifs is 1. The number of aromatic nitrogens is 2. The molecule has 0 aliphatic rings. The highest BCUT2D eigenvalue weighted by Crippen LogP contribution is 2.29. The van der Waals surface area contributed by atoms with Gasteiger partial charge in [0.1, 0.15) is 0 Å². The summed E-state index contributed by atoms with van der Waals surface area (Å²) < 4.78 is 2.19. The molecule has 0 fully saturated rings. The first-order chi connectivity index (χ1) is 14.1. The first kappa shape index (κ1) is 18.6. The van der Waals surface area contributed by atoms with E-state index in [0.717, 1.165) is 33.5 Å². The number of carbonyl (C=O) groups excluding carboxylic acids is 1. The lowest BCUT2D eigenvalue weighted by molar-refractivity contribution is -0.120. The minimum atomic E-state index is -0.153. The van der Waals surface area contributed by atoms with Crippen molar-refractivity contribution in [2.45, 2.75) is 20.3 Å². The maximum absolute atomic E-state index is 12.6. The molecule has 5 heteroatoms. The summed E-state index contributed by atoms with van der Waals surface area (Å²) in [4.78, 5) is 16.9. The number of hydrogen-bond donors (Lipinski definition) is 1. The Morgan fingerprint density at radius 3 is 2.48 bits per heavy atom. The zero-order valence-electron chi connectivity index (χ0n) is 16.5. The third kappa shape index (κ3) is 3.80. The quantitative estimate of drug-likeness (QED) is 0.410. The number of benzene rings is 2. The number of pyridine rings is 1. The number of nitrogens with one attached hydrogen (secondary N) is 1. The van der Waals surface area contributed by atoms with Crippen LogP contribution < -0.4 is 5.43 Å². The van der Waals surface area contributed by atoms with E-state index in [9.17, 15) is 4.79 Å². The summed E-state index contributed by atoms with van der Waals surface area (Å²) >= 11 is 0. The van der Waals surface area contributed by atoms with Gasteiger partial charge in [0, 0.05) is 23.0 Å². The first-order valence-corrected chi connectivity index (χ1v) is 9.54. The molecule has 4 rings (SSSR count). The number of amides is 1. The van der Waals surface area contributed by atoms with Crippen molar-refractivity contribution in [1.82, 2.24) is 15.0 Å². The van der Waals surface area contributed by atoms with Crippen LogP contribution in [0.5, 0.6) is 0 Å². The van der Waals surface area contributed by atoms with Gasteiger partial charge in [-0.1, -0.05) is 42.5 Å². The van der Waals surface area contributed by atoms with E-state index < -0.39 is 0 Å². The Morgan fingerprint density at radius 1 is 1.00 bits per heavy atom. The van der Waals surface area contributed by atoms with Crippen molar-refractivity contribution >= 4 is 22.5 Å². The second-order valence-corrected chi connectivity index (χ2v) is 6.88. The topological polar surface area (TPSA) is 59.3 Å². The Morgan fingerprint density at radius 2 is 1.72 bits per heavy atom. The highest BCUT2D eigenvalue weighted by molar-refractivity contribution is 5.98. The number of hydrazone groups is 1. The Balaban J connectivity index is 1.63. The fourth-order valence-corrected chi connectivity index (χ4v) is 3.55. The molecule has 0 unspecified atom stereocenters. The Labute approximate surface area is 169 Å². The molecule has 144 valence electrons. The molecule has 29 heavy (non-hydrogen) atoms. The maximum atomic E-state index is 12.6. The summed E-state index contributed by atoms with van der Waals surface area (Å²) in [5, 5.41) is 5.29. The monoisotopic (exact) mass is 382 g/mol. The van der Waals surface area contributed by atoms with Crippen LogP contribution in [0.25, 0.3) is 16.6 Å². The van der Waals surface area contributed by atoms with Gasteiger partial charge in [0.15, 0.2) is 0 Å². The summed E-state index contributed by atoms with van der Waals surface area (Å²) in [5.74, 6) is -0.153. The van der Waals surface area contributed by atoms with Crippen LogP contribution >= 0.6 is 0 Å². The third-order valence-electron chi connectivity index (χ3n) is 4.98. The molecule has 0 aliphatic carbocycles. The number of para-hydroxylation sites is 2. The van der Waals surface area contributed by atoms with Crippen LogP contribution in [0.4, 0.5) is 0 Å². The number of rotatable bonds is 5. The summed E-state index contributed by atoms with van der Waals surface area (Å²) in [5.41, 5.74) is 8.31. The van der Waals surface area contributed by atoms with Crippen LogP contribution in [0.2, 0.25) is 0 Å². The van der Waals surface area contributed by atoms with Gasteiger partial charge < -0.3 is 4.57 Å². The summed E-state index contributed by atoms with van der Waals surface area (Å²) in [6.07, 6.45) is 1.96. The Bertz CT molecular complexity index is 1180. The van der Waals surface area contributed by atoms with Crippen LogP contribution in [-0.4, -0.2) is 21.2 Å². The van der Waals surface area contributed by atoms with Gasteiger partial charge in [-0.3, -0.25) is 9.78 Å². The van der Waals surface area contributed by atoms with E-state index in [1.165, 1.54) is 0 Å². The molecule has 0 saturated heterocycles. The second-order valence-electron chi connectivity index (χ2n) is 6.88. The van der Waals surface area contributed by atoms with E-state index >= 15 is 0 Å². The highest BCUT2D eigenvalue weighted by atomic mass is 16.2. The lowest BCUT2D eigenvalue weighted by Gasteiger charge is -2.08. The Hall–Kier alpha value is -3.73. The van der Waals surface area contributed by atoms with E-state index in [1.807, 2.05) is 55.5 Å². The lowest BCUT2D eigenvalue weighted by Crippen LogP contribution is -2.21. The van der Waals surface area contributed by atoms with Crippen molar-refractivity contribution in [3.8, 4) is 5.69 Å². The second kappa shape index (κ2) is 8.10. The van der Waals surface area contributed by atoms with Gasteiger partial charge in [0.25, 0.3) is 0 Å². The molecule has 2 aromatic heterocycles. The van der Waals surface area contributed by atoms with E-state index in [2.05, 4.69) is 51.3 Å². The van der Waals surface area contributed by atoms with Gasteiger partial charge in [0.2, 0.25) is 5.91 Å². The molecule has 0 saturated carbocycles. The number of nitrogens with zero attached hydrogens (tertiary/aromatic N) is 3. The average molecular weight is 382 g/mol. The zero-order chi connectivity index (χ0) is 20.2. The van der Waals surface area contributed by atoms with Crippen LogP contribution in [0.1, 0.15) is 23.9 Å². The normalized spacial score (nSPS) is 11.6. The standard InChI is InChI=1S/C24H22N4O/c1-17(22-13-8-9-15-25-22)26-27-24(29)16-21-18(2)28(19-10-4-3-5-11-19)23-14-7-6-12-20(21)23/h3-15H,16H2,1-2H3,(H,27,29)/b26-17+. The van der Waals surface area contributed by atoms with Gasteiger partial charge in [-0.2, -0.15) is 5.10 Å². The molecular formula is C24H22N4O. The van der Waals surface area contributed by atoms with Crippen molar-refractivity contribution in [1.29, 1.82) is 0 Å². The molecule has 0 radical (unpaired) electrons. The zero-order valence-corrected chi connectivity index (χ0v) is 16.5. The predicted molar refractivity (Wildman–Crippen MR) is 116 cm³/mol. The molecule has 4 aromatic rings. The fraction of sp³-hybridized carbons (Fsp3) is 0.125. The van der Waals surface area contributed by atoms with Crippen molar-refractivity contribution in [3.05, 3.63) is 95.9 Å². The van der Waals surface area contributed by atoms with Crippen LogP contribution in [-0.2, 0) is 11.2 Å². The highest BCUT2D eigenvalue weighted by Gasteiger charge is 2.17. The van der Waals surface area contributed by atoms with E-state index in [-0.39, 0.29) is 12.3 Å². The van der Waals surface area contributed by atoms with Gasteiger partial charge in [0.05, 0.1) is 23.3 Å². The summed E-state index contributed by atoms with van der Waals surface area (Å²) in [6, 6.07) is 24.0. The van der Waals surface area contributed by atoms with Gasteiger partial charge >= 0.3 is 0 Å². The van der Waals surface area contributed by atoms with E-state index in [1.54, 1.807) is 6.20 Å². The smallest absolute Gasteiger partial charge is 0.244 e. The molecule has 2 aromatic carbocycles. The van der Waals surface area contributed by atoms with Gasteiger partial charge in [-0.05, 0) is 49.7 Å². The van der Waals surface area contributed by atoms with E-state index in [0.29, 0.717) is 5.71 Å². The van der Waals surface area contributed by atoms with Crippen molar-refractivity contribution in [2.24, 2.45) is 5.10 Å². The molecule has 1 amide bonds. The maximum Gasteiger partial charge on any atom is 0.244 e. The average Bonchev–Trinajstić information content (AvgIpc) is 3.04. The van der Waals surface area contributed by atoms with Crippen LogP contribution in [0, 0.1) is 6.92 Å². The lowest BCUT2D eigenvalue weighted by atomic mass is 10.1. The molecule has 0 aliphatic heterocycles. The van der Waals surface area contributed by atoms with E-state index in [4.69, 9.17) is 0 Å². The fourth-order valence-electron chi connectivity index (χ4n) is 3.55. The van der Waals surface area contributed by atoms with Crippen molar-refractivity contribution in [3.63, 3.8) is 0 Å². The molecule has 0 atom stereocenters. The molecule has 5 nitrogen and oxygen atoms in total. The number of carbonyl (C=O) groups is 1. The van der Waals surface area contributed by atoms with Gasteiger partial charge in [-0.25, -0.2) is 5.43 Å². The molecule has 1 N–H and O–H groups in total. The molecular weight excluding hydrogens is 360 g/mol. The molecule has 2 heterocycles. The summed E-state index contributed by atoms with van der Waals surface area (Å²) in [6.45, 7) is 3.88. The van der Waals surface area contributed by atoms with Crippen molar-refractivity contribution in [2.75, 3.05) is 0 Å².